The van der Waals surface area contributed by atoms with Gasteiger partial charge in [0.1, 0.15) is 0 Å². The first-order valence-corrected chi connectivity index (χ1v) is 4.46. The van der Waals surface area contributed by atoms with E-state index < -0.39 is 0 Å². The van der Waals surface area contributed by atoms with E-state index in [0.717, 1.165) is 19.0 Å². The monoisotopic (exact) mass is 152 g/mol. The fourth-order valence-corrected chi connectivity index (χ4v) is 1.80. The molecule has 0 aliphatic carbocycles. The van der Waals surface area contributed by atoms with Gasteiger partial charge in [-0.2, -0.15) is 5.26 Å². The molecule has 11 heavy (non-hydrogen) atoms. The Morgan fingerprint density at radius 1 is 1.64 bits per heavy atom. The molecule has 62 valence electrons. The lowest BCUT2D eigenvalue weighted by molar-refractivity contribution is 0.357. The second kappa shape index (κ2) is 4.35. The lowest BCUT2D eigenvalue weighted by Gasteiger charge is -2.10. The van der Waals surface area contributed by atoms with E-state index in [1.165, 1.54) is 19.3 Å². The van der Waals surface area contributed by atoms with Gasteiger partial charge in [0.05, 0.1) is 12.6 Å². The molecular weight excluding hydrogens is 136 g/mol. The third kappa shape index (κ3) is 2.51. The van der Waals surface area contributed by atoms with Crippen molar-refractivity contribution in [1.29, 1.82) is 5.26 Å². The van der Waals surface area contributed by atoms with Crippen molar-refractivity contribution in [3.05, 3.63) is 0 Å². The summed E-state index contributed by atoms with van der Waals surface area (Å²) >= 11 is 0. The number of rotatable bonds is 3. The molecule has 1 aliphatic rings. The minimum atomic E-state index is 0.625. The van der Waals surface area contributed by atoms with Crippen molar-refractivity contribution in [1.82, 2.24) is 4.90 Å². The molecule has 0 radical (unpaired) electrons. The molecule has 0 saturated carbocycles. The van der Waals surface area contributed by atoms with Gasteiger partial charge >= 0.3 is 0 Å². The molecule has 2 nitrogen and oxygen atoms in total. The van der Waals surface area contributed by atoms with Gasteiger partial charge in [-0.25, -0.2) is 0 Å². The van der Waals surface area contributed by atoms with Gasteiger partial charge in [-0.1, -0.05) is 13.3 Å². The highest BCUT2D eigenvalue weighted by Crippen LogP contribution is 2.19. The highest BCUT2D eigenvalue weighted by atomic mass is 15.1. The minimum absolute atomic E-state index is 0.625. The SMILES string of the molecule is CCCC1CCN(CC#N)C1. The minimum Gasteiger partial charge on any atom is -0.290 e. The molecule has 0 spiro atoms. The molecule has 1 unspecified atom stereocenters. The number of nitriles is 1. The van der Waals surface area contributed by atoms with E-state index in [9.17, 15) is 0 Å². The Balaban J connectivity index is 2.19. The fourth-order valence-electron chi connectivity index (χ4n) is 1.80. The van der Waals surface area contributed by atoms with Crippen molar-refractivity contribution < 1.29 is 0 Å². The summed E-state index contributed by atoms with van der Waals surface area (Å²) in [6.45, 7) is 5.15. The normalized spacial score (nSPS) is 25.3. The fraction of sp³-hybridized carbons (Fsp3) is 0.889. The van der Waals surface area contributed by atoms with Crippen LogP contribution in [0.1, 0.15) is 26.2 Å². The summed E-state index contributed by atoms with van der Waals surface area (Å²) < 4.78 is 0. The Bertz CT molecular complexity index is 148. The molecule has 2 heteroatoms. The molecule has 1 heterocycles. The molecule has 0 aromatic heterocycles. The first-order chi connectivity index (χ1) is 5.36. The van der Waals surface area contributed by atoms with E-state index in [-0.39, 0.29) is 0 Å². The van der Waals surface area contributed by atoms with Gasteiger partial charge in [-0.3, -0.25) is 4.90 Å². The molecule has 0 aromatic rings. The summed E-state index contributed by atoms with van der Waals surface area (Å²) in [7, 11) is 0. The largest absolute Gasteiger partial charge is 0.290 e. The van der Waals surface area contributed by atoms with Crippen LogP contribution in [0, 0.1) is 17.2 Å². The van der Waals surface area contributed by atoms with Gasteiger partial charge < -0.3 is 0 Å². The topological polar surface area (TPSA) is 27.0 Å². The predicted octanol–water partition coefficient (Wildman–Crippen LogP) is 1.63. The zero-order chi connectivity index (χ0) is 8.10. The van der Waals surface area contributed by atoms with Gasteiger partial charge in [-0.05, 0) is 25.3 Å². The Morgan fingerprint density at radius 2 is 2.45 bits per heavy atom. The van der Waals surface area contributed by atoms with E-state index in [1.807, 2.05) is 0 Å². The Labute approximate surface area is 68.8 Å². The molecule has 1 aliphatic heterocycles. The second-order valence-electron chi connectivity index (χ2n) is 3.34. The van der Waals surface area contributed by atoms with Crippen LogP contribution in [0.2, 0.25) is 0 Å². The Kier molecular flexibility index (Phi) is 3.38. The van der Waals surface area contributed by atoms with Crippen LogP contribution in [0.25, 0.3) is 0 Å². The van der Waals surface area contributed by atoms with Gasteiger partial charge in [0.15, 0.2) is 0 Å². The molecule has 0 N–H and O–H groups in total. The van der Waals surface area contributed by atoms with Crippen LogP contribution in [0.3, 0.4) is 0 Å². The highest BCUT2D eigenvalue weighted by Gasteiger charge is 2.20. The van der Waals surface area contributed by atoms with Crippen LogP contribution in [0.5, 0.6) is 0 Å². The van der Waals surface area contributed by atoms with E-state index in [2.05, 4.69) is 17.9 Å². The quantitative estimate of drug-likeness (QED) is 0.575. The summed E-state index contributed by atoms with van der Waals surface area (Å²) in [6, 6.07) is 2.20. The molecule has 0 amide bonds. The highest BCUT2D eigenvalue weighted by molar-refractivity contribution is 4.82. The van der Waals surface area contributed by atoms with Crippen molar-refractivity contribution in [2.75, 3.05) is 19.6 Å². The van der Waals surface area contributed by atoms with Crippen LogP contribution < -0.4 is 0 Å². The van der Waals surface area contributed by atoms with Crippen molar-refractivity contribution in [3.63, 3.8) is 0 Å². The van der Waals surface area contributed by atoms with Gasteiger partial charge in [0, 0.05) is 6.54 Å². The van der Waals surface area contributed by atoms with Crippen molar-refractivity contribution in [2.45, 2.75) is 26.2 Å². The van der Waals surface area contributed by atoms with Crippen LogP contribution in [0.4, 0.5) is 0 Å². The first-order valence-electron chi connectivity index (χ1n) is 4.46. The van der Waals surface area contributed by atoms with Gasteiger partial charge in [-0.15, -0.1) is 0 Å². The summed E-state index contributed by atoms with van der Waals surface area (Å²) in [5, 5.41) is 8.45. The number of hydrogen-bond donors (Lipinski definition) is 0. The molecule has 1 fully saturated rings. The van der Waals surface area contributed by atoms with E-state index >= 15 is 0 Å². The predicted molar refractivity (Wildman–Crippen MR) is 45.1 cm³/mol. The Hall–Kier alpha value is -0.550. The maximum atomic E-state index is 8.45. The van der Waals surface area contributed by atoms with Crippen LogP contribution in [0.15, 0.2) is 0 Å². The molecule has 1 atom stereocenters. The zero-order valence-electron chi connectivity index (χ0n) is 7.21. The molecular formula is C9H16N2. The molecule has 1 rings (SSSR count). The third-order valence-electron chi connectivity index (χ3n) is 2.36. The summed E-state index contributed by atoms with van der Waals surface area (Å²) in [5.74, 6) is 0.869. The molecule has 0 bridgehead atoms. The summed E-state index contributed by atoms with van der Waals surface area (Å²) in [6.07, 6.45) is 3.92. The van der Waals surface area contributed by atoms with Crippen LogP contribution in [-0.2, 0) is 0 Å². The lowest BCUT2D eigenvalue weighted by Crippen LogP contribution is -2.20. The summed E-state index contributed by atoms with van der Waals surface area (Å²) in [4.78, 5) is 2.25. The smallest absolute Gasteiger partial charge is 0.0866 e. The average Bonchev–Trinajstić information content (AvgIpc) is 2.38. The standard InChI is InChI=1S/C9H16N2/c1-2-3-9-4-6-11(8-9)7-5-10/h9H,2-4,6-8H2,1H3. The number of nitrogens with zero attached hydrogens (tertiary/aromatic N) is 2. The van der Waals surface area contributed by atoms with Crippen molar-refractivity contribution in [3.8, 4) is 6.07 Å². The molecule has 1 saturated heterocycles. The third-order valence-corrected chi connectivity index (χ3v) is 2.36. The Morgan fingerprint density at radius 3 is 3.09 bits per heavy atom. The average molecular weight is 152 g/mol. The van der Waals surface area contributed by atoms with Crippen molar-refractivity contribution >= 4 is 0 Å². The van der Waals surface area contributed by atoms with E-state index in [1.54, 1.807) is 0 Å². The number of likely N-dealkylation sites (tertiary alicyclic amines) is 1. The maximum absolute atomic E-state index is 8.45. The lowest BCUT2D eigenvalue weighted by atomic mass is 10.0. The van der Waals surface area contributed by atoms with Gasteiger partial charge in [0.25, 0.3) is 0 Å². The first kappa shape index (κ1) is 8.55. The zero-order valence-corrected chi connectivity index (χ0v) is 7.21. The molecule has 0 aromatic carbocycles. The maximum Gasteiger partial charge on any atom is 0.0866 e. The van der Waals surface area contributed by atoms with Crippen molar-refractivity contribution in [2.24, 2.45) is 5.92 Å². The van der Waals surface area contributed by atoms with E-state index in [0.29, 0.717) is 6.54 Å². The number of hydrogen-bond acceptors (Lipinski definition) is 2. The van der Waals surface area contributed by atoms with E-state index in [4.69, 9.17) is 5.26 Å². The second-order valence-corrected chi connectivity index (χ2v) is 3.34. The van der Waals surface area contributed by atoms with Crippen LogP contribution >= 0.6 is 0 Å². The summed E-state index contributed by atoms with van der Waals surface area (Å²) in [5.41, 5.74) is 0. The van der Waals surface area contributed by atoms with Crippen LogP contribution in [-0.4, -0.2) is 24.5 Å². The van der Waals surface area contributed by atoms with Gasteiger partial charge in [0.2, 0.25) is 0 Å².